The van der Waals surface area contributed by atoms with Gasteiger partial charge in [-0.3, -0.25) is 14.4 Å². The lowest BCUT2D eigenvalue weighted by molar-refractivity contribution is -0.167. The van der Waals surface area contributed by atoms with Crippen LogP contribution < -0.4 is 0 Å². The number of ether oxygens (including phenoxy) is 3. The van der Waals surface area contributed by atoms with Crippen molar-refractivity contribution in [3.63, 3.8) is 0 Å². The zero-order valence-electron chi connectivity index (χ0n) is 36.1. The summed E-state index contributed by atoms with van der Waals surface area (Å²) in [5.74, 6) is 0.744. The number of rotatable bonds is 41. The Bertz CT molecular complexity index is 809. The molecule has 0 saturated heterocycles. The summed E-state index contributed by atoms with van der Waals surface area (Å²) in [7, 11) is 0. The fourth-order valence-electron chi connectivity index (χ4n) is 6.93. The number of hydrogen-bond donors (Lipinski definition) is 0. The second-order valence-corrected chi connectivity index (χ2v) is 17.0. The summed E-state index contributed by atoms with van der Waals surface area (Å²) in [4.78, 5) is 37.6. The predicted molar refractivity (Wildman–Crippen MR) is 224 cm³/mol. The number of hydrogen-bond acceptors (Lipinski definition) is 6. The second-order valence-electron chi connectivity index (χ2n) is 17.0. The van der Waals surface area contributed by atoms with Crippen LogP contribution in [0.3, 0.4) is 0 Å². The monoisotopic (exact) mass is 751 g/mol. The lowest BCUT2D eigenvalue weighted by atomic mass is 10.0. The van der Waals surface area contributed by atoms with Crippen molar-refractivity contribution in [1.82, 2.24) is 0 Å². The third kappa shape index (κ3) is 41.4. The van der Waals surface area contributed by atoms with Gasteiger partial charge in [-0.2, -0.15) is 0 Å². The maximum absolute atomic E-state index is 12.7. The molecule has 0 aliphatic rings. The fourth-order valence-corrected chi connectivity index (χ4v) is 6.93. The Kier molecular flexibility index (Phi) is 38.9. The predicted octanol–water partition coefficient (Wildman–Crippen LogP) is 14.6. The first-order valence-electron chi connectivity index (χ1n) is 23.2. The van der Waals surface area contributed by atoms with Gasteiger partial charge >= 0.3 is 17.9 Å². The van der Waals surface area contributed by atoms with E-state index in [1.54, 1.807) is 0 Å². The molecular weight excluding hydrogens is 661 g/mol. The quantitative estimate of drug-likeness (QED) is 0.0352. The van der Waals surface area contributed by atoms with Gasteiger partial charge in [0.15, 0.2) is 6.10 Å². The van der Waals surface area contributed by atoms with E-state index < -0.39 is 6.10 Å². The first-order valence-corrected chi connectivity index (χ1v) is 23.2. The van der Waals surface area contributed by atoms with Crippen molar-refractivity contribution in [1.29, 1.82) is 0 Å². The van der Waals surface area contributed by atoms with Crippen molar-refractivity contribution >= 4 is 17.9 Å². The summed E-state index contributed by atoms with van der Waals surface area (Å²) in [6, 6.07) is 0. The Morgan fingerprint density at radius 2 is 0.623 bits per heavy atom. The Morgan fingerprint density at radius 1 is 0.358 bits per heavy atom. The molecule has 314 valence electrons. The van der Waals surface area contributed by atoms with Crippen molar-refractivity contribution in [2.45, 2.75) is 259 Å². The molecule has 0 unspecified atom stereocenters. The number of unbranched alkanes of at least 4 members (excludes halogenated alkanes) is 26. The maximum Gasteiger partial charge on any atom is 0.306 e. The molecule has 0 saturated carbocycles. The Labute approximate surface area is 329 Å². The molecule has 6 heteroatoms. The molecule has 0 aromatic rings. The van der Waals surface area contributed by atoms with Gasteiger partial charge in [0.05, 0.1) is 0 Å². The summed E-state index contributed by atoms with van der Waals surface area (Å²) in [5, 5.41) is 0. The smallest absolute Gasteiger partial charge is 0.306 e. The van der Waals surface area contributed by atoms with Crippen molar-refractivity contribution < 1.29 is 28.6 Å². The average molecular weight is 751 g/mol. The zero-order chi connectivity index (χ0) is 39.0. The van der Waals surface area contributed by atoms with E-state index in [1.807, 2.05) is 0 Å². The molecule has 0 rings (SSSR count). The van der Waals surface area contributed by atoms with Crippen LogP contribution in [0.25, 0.3) is 0 Å². The van der Waals surface area contributed by atoms with Crippen molar-refractivity contribution in [3.8, 4) is 0 Å². The highest BCUT2D eigenvalue weighted by atomic mass is 16.6. The van der Waals surface area contributed by atoms with Gasteiger partial charge < -0.3 is 14.2 Å². The molecule has 1 atom stereocenters. The Hall–Kier alpha value is -1.59. The third-order valence-electron chi connectivity index (χ3n) is 10.5. The minimum atomic E-state index is -0.760. The van der Waals surface area contributed by atoms with E-state index in [1.165, 1.54) is 141 Å². The SMILES string of the molecule is CCCCCCCCCCCC(=O)OC[C@@H](COC(=O)CCCCCCCCC(C)C)OC(=O)CCCCCCCCCCCCCCCCC(C)C. The van der Waals surface area contributed by atoms with Gasteiger partial charge in [-0.1, -0.05) is 214 Å². The van der Waals surface area contributed by atoms with Crippen LogP contribution in [0.4, 0.5) is 0 Å². The normalized spacial score (nSPS) is 12.1. The van der Waals surface area contributed by atoms with Crippen LogP contribution in [-0.4, -0.2) is 37.2 Å². The minimum absolute atomic E-state index is 0.0655. The van der Waals surface area contributed by atoms with Gasteiger partial charge in [-0.25, -0.2) is 0 Å². The summed E-state index contributed by atoms with van der Waals surface area (Å²) >= 11 is 0. The third-order valence-corrected chi connectivity index (χ3v) is 10.5. The van der Waals surface area contributed by atoms with E-state index in [0.717, 1.165) is 69.6 Å². The molecule has 6 nitrogen and oxygen atoms in total. The molecular formula is C47H90O6. The van der Waals surface area contributed by atoms with E-state index in [0.29, 0.717) is 19.3 Å². The van der Waals surface area contributed by atoms with Crippen LogP contribution >= 0.6 is 0 Å². The minimum Gasteiger partial charge on any atom is -0.462 e. The van der Waals surface area contributed by atoms with E-state index in [9.17, 15) is 14.4 Å². The van der Waals surface area contributed by atoms with Crippen molar-refractivity contribution in [2.24, 2.45) is 11.8 Å². The molecule has 53 heavy (non-hydrogen) atoms. The van der Waals surface area contributed by atoms with Crippen LogP contribution in [-0.2, 0) is 28.6 Å². The van der Waals surface area contributed by atoms with Gasteiger partial charge in [0.25, 0.3) is 0 Å². The van der Waals surface area contributed by atoms with Gasteiger partial charge in [-0.05, 0) is 31.1 Å². The number of esters is 3. The van der Waals surface area contributed by atoms with Gasteiger partial charge in [-0.15, -0.1) is 0 Å². The molecule has 0 bridgehead atoms. The highest BCUT2D eigenvalue weighted by Crippen LogP contribution is 2.16. The van der Waals surface area contributed by atoms with Crippen LogP contribution in [0.15, 0.2) is 0 Å². The summed E-state index contributed by atoms with van der Waals surface area (Å²) < 4.78 is 16.7. The highest BCUT2D eigenvalue weighted by molar-refractivity contribution is 5.71. The van der Waals surface area contributed by atoms with E-state index in [-0.39, 0.29) is 31.1 Å². The average Bonchev–Trinajstić information content (AvgIpc) is 3.12. The van der Waals surface area contributed by atoms with Crippen LogP contribution in [0.5, 0.6) is 0 Å². The molecule has 0 fully saturated rings. The summed E-state index contributed by atoms with van der Waals surface area (Å²) in [6.07, 6.45) is 38.2. The second kappa shape index (κ2) is 40.1. The fraction of sp³-hybridized carbons (Fsp3) is 0.936. The van der Waals surface area contributed by atoms with E-state index >= 15 is 0 Å². The molecule has 0 N–H and O–H groups in total. The Balaban J connectivity index is 4.26. The van der Waals surface area contributed by atoms with Crippen LogP contribution in [0.1, 0.15) is 253 Å². The van der Waals surface area contributed by atoms with Crippen LogP contribution in [0.2, 0.25) is 0 Å². The van der Waals surface area contributed by atoms with Gasteiger partial charge in [0, 0.05) is 19.3 Å². The number of carbonyl (C=O) groups excluding carboxylic acids is 3. The molecule has 0 aromatic carbocycles. The molecule has 0 radical (unpaired) electrons. The van der Waals surface area contributed by atoms with E-state index in [2.05, 4.69) is 34.6 Å². The molecule has 0 aliphatic carbocycles. The molecule has 0 spiro atoms. The van der Waals surface area contributed by atoms with Gasteiger partial charge in [0.1, 0.15) is 13.2 Å². The topological polar surface area (TPSA) is 78.9 Å². The molecule has 0 aliphatic heterocycles. The highest BCUT2D eigenvalue weighted by Gasteiger charge is 2.19. The molecule has 0 aromatic heterocycles. The van der Waals surface area contributed by atoms with Gasteiger partial charge in [0.2, 0.25) is 0 Å². The lowest BCUT2D eigenvalue weighted by Gasteiger charge is -2.18. The number of carbonyl (C=O) groups is 3. The first-order chi connectivity index (χ1) is 25.7. The van der Waals surface area contributed by atoms with Crippen LogP contribution in [0, 0.1) is 11.8 Å². The first kappa shape index (κ1) is 51.4. The van der Waals surface area contributed by atoms with Crippen molar-refractivity contribution in [2.75, 3.05) is 13.2 Å². The maximum atomic E-state index is 12.7. The zero-order valence-corrected chi connectivity index (χ0v) is 36.1. The molecule has 0 amide bonds. The summed E-state index contributed by atoms with van der Waals surface area (Å²) in [6.45, 7) is 11.3. The lowest BCUT2D eigenvalue weighted by Crippen LogP contribution is -2.30. The largest absolute Gasteiger partial charge is 0.462 e. The summed E-state index contributed by atoms with van der Waals surface area (Å²) in [5.41, 5.74) is 0. The molecule has 0 heterocycles. The standard InChI is InChI=1S/C47H90O6/c1-6-7-8-9-10-17-21-27-32-37-45(48)51-40-44(41-52-46(49)38-33-28-24-23-26-31-36-43(4)5)53-47(50)39-34-29-22-19-16-14-12-11-13-15-18-20-25-30-35-42(2)3/h42-44H,6-41H2,1-5H3/t44-/m0/s1. The van der Waals surface area contributed by atoms with E-state index in [4.69, 9.17) is 14.2 Å². The Morgan fingerprint density at radius 3 is 0.925 bits per heavy atom. The van der Waals surface area contributed by atoms with Crippen molar-refractivity contribution in [3.05, 3.63) is 0 Å².